The van der Waals surface area contributed by atoms with Gasteiger partial charge in [-0.3, -0.25) is 14.4 Å². The molecule has 4 aromatic rings. The molecule has 1 atom stereocenters. The van der Waals surface area contributed by atoms with Crippen molar-refractivity contribution in [3.63, 3.8) is 0 Å². The number of nitrogens with zero attached hydrogens (tertiary/aromatic N) is 1. The number of hydrogen-bond acceptors (Lipinski definition) is 5. The predicted molar refractivity (Wildman–Crippen MR) is 151 cm³/mol. The number of carbonyl (C=O) groups is 3. The Hall–Kier alpha value is -4.72. The Bertz CT molecular complexity index is 1530. The maximum Gasteiger partial charge on any atom is 0.330 e. The topological polar surface area (TPSA) is 97.6 Å². The minimum atomic E-state index is -2.10. The monoisotopic (exact) mass is 542 g/mol. The SMILES string of the molecule is CCC(=O)C(C(=O)OC)(c1ccc(NC=O)c(-c2ccccc2)c1-c1ccc(F)cc1)c1ccc(C(C)C)n1O. The number of halogens is 1. The predicted octanol–water partition coefficient (Wildman–Crippen LogP) is 6.33. The number of nitrogens with one attached hydrogen (secondary N) is 1. The second-order valence-corrected chi connectivity index (χ2v) is 9.67. The van der Waals surface area contributed by atoms with Crippen LogP contribution in [-0.2, 0) is 24.5 Å². The molecule has 3 aromatic carbocycles. The third-order valence-corrected chi connectivity index (χ3v) is 7.11. The van der Waals surface area contributed by atoms with Crippen molar-refractivity contribution in [2.45, 2.75) is 38.5 Å². The number of carbonyl (C=O) groups excluding carboxylic acids is 3. The van der Waals surface area contributed by atoms with Crippen molar-refractivity contribution < 1.29 is 28.7 Å². The molecule has 0 saturated carbocycles. The molecule has 0 bridgehead atoms. The highest BCUT2D eigenvalue weighted by atomic mass is 19.1. The van der Waals surface area contributed by atoms with Gasteiger partial charge in [0.1, 0.15) is 5.82 Å². The minimum absolute atomic E-state index is 0.0216. The zero-order valence-electron chi connectivity index (χ0n) is 22.8. The van der Waals surface area contributed by atoms with Crippen LogP contribution in [0.2, 0.25) is 0 Å². The lowest BCUT2D eigenvalue weighted by Gasteiger charge is -2.33. The average Bonchev–Trinajstić information content (AvgIpc) is 3.36. The second-order valence-electron chi connectivity index (χ2n) is 9.67. The van der Waals surface area contributed by atoms with Crippen LogP contribution in [0.25, 0.3) is 22.3 Å². The first kappa shape index (κ1) is 28.3. The summed E-state index contributed by atoms with van der Waals surface area (Å²) in [5.41, 5.74) is 1.13. The van der Waals surface area contributed by atoms with Gasteiger partial charge in [0.05, 0.1) is 18.5 Å². The number of amides is 1. The summed E-state index contributed by atoms with van der Waals surface area (Å²) in [7, 11) is 1.19. The van der Waals surface area contributed by atoms with Gasteiger partial charge in [-0.15, -0.1) is 0 Å². The Kier molecular flexibility index (Phi) is 8.18. The summed E-state index contributed by atoms with van der Waals surface area (Å²) in [5.74, 6) is -1.99. The third-order valence-electron chi connectivity index (χ3n) is 7.11. The molecule has 206 valence electrons. The van der Waals surface area contributed by atoms with Crippen molar-refractivity contribution in [3.05, 3.63) is 102 Å². The van der Waals surface area contributed by atoms with E-state index in [9.17, 15) is 24.0 Å². The maximum atomic E-state index is 14.1. The van der Waals surface area contributed by atoms with Gasteiger partial charge in [0.2, 0.25) is 6.41 Å². The molecule has 7 nitrogen and oxygen atoms in total. The van der Waals surface area contributed by atoms with Crippen LogP contribution in [0.3, 0.4) is 0 Å². The molecule has 4 rings (SSSR count). The lowest BCUT2D eigenvalue weighted by molar-refractivity contribution is -0.150. The van der Waals surface area contributed by atoms with Crippen molar-refractivity contribution in [1.82, 2.24) is 4.73 Å². The molecule has 1 unspecified atom stereocenters. The van der Waals surface area contributed by atoms with Crippen molar-refractivity contribution >= 4 is 23.9 Å². The van der Waals surface area contributed by atoms with Crippen molar-refractivity contribution in [1.29, 1.82) is 0 Å². The molecular weight excluding hydrogens is 511 g/mol. The highest BCUT2D eigenvalue weighted by Crippen LogP contribution is 2.48. The molecule has 0 fully saturated rings. The summed E-state index contributed by atoms with van der Waals surface area (Å²) in [6.07, 6.45) is 0.476. The van der Waals surface area contributed by atoms with Crippen LogP contribution in [-0.4, -0.2) is 35.2 Å². The Labute approximate surface area is 232 Å². The zero-order chi connectivity index (χ0) is 29.0. The Morgan fingerprint density at radius 3 is 2.17 bits per heavy atom. The van der Waals surface area contributed by atoms with Gasteiger partial charge in [-0.1, -0.05) is 69.3 Å². The lowest BCUT2D eigenvalue weighted by Crippen LogP contribution is -2.47. The fraction of sp³-hybridized carbons (Fsp3) is 0.219. The van der Waals surface area contributed by atoms with E-state index in [-0.39, 0.29) is 23.6 Å². The average molecular weight is 543 g/mol. The van der Waals surface area contributed by atoms with Gasteiger partial charge in [0, 0.05) is 17.7 Å². The number of esters is 1. The van der Waals surface area contributed by atoms with Crippen LogP contribution >= 0.6 is 0 Å². The Morgan fingerprint density at radius 1 is 0.975 bits per heavy atom. The quantitative estimate of drug-likeness (QED) is 0.106. The van der Waals surface area contributed by atoms with Crippen LogP contribution in [0.1, 0.15) is 50.1 Å². The molecule has 0 saturated heterocycles. The van der Waals surface area contributed by atoms with Crippen molar-refractivity contribution in [2.75, 3.05) is 12.4 Å². The highest BCUT2D eigenvalue weighted by molar-refractivity contribution is 6.15. The van der Waals surface area contributed by atoms with Gasteiger partial charge in [-0.25, -0.2) is 4.39 Å². The zero-order valence-corrected chi connectivity index (χ0v) is 22.8. The van der Waals surface area contributed by atoms with Gasteiger partial charge >= 0.3 is 5.97 Å². The number of ketones is 1. The maximum absolute atomic E-state index is 14.1. The van der Waals surface area contributed by atoms with E-state index in [0.717, 1.165) is 4.73 Å². The van der Waals surface area contributed by atoms with Gasteiger partial charge < -0.3 is 15.3 Å². The van der Waals surface area contributed by atoms with Crippen LogP contribution < -0.4 is 5.32 Å². The Morgan fingerprint density at radius 2 is 1.62 bits per heavy atom. The van der Waals surface area contributed by atoms with Gasteiger partial charge in [-0.2, -0.15) is 4.73 Å². The number of hydrogen-bond donors (Lipinski definition) is 2. The third kappa shape index (κ3) is 4.66. The lowest BCUT2D eigenvalue weighted by atomic mass is 9.69. The normalized spacial score (nSPS) is 12.6. The van der Waals surface area contributed by atoms with Crippen molar-refractivity contribution in [2.24, 2.45) is 0 Å². The van der Waals surface area contributed by atoms with E-state index < -0.39 is 23.0 Å². The molecule has 0 aliphatic rings. The summed E-state index contributed by atoms with van der Waals surface area (Å²) in [5, 5.41) is 14.1. The number of methoxy groups -OCH3 is 1. The Balaban J connectivity index is 2.27. The summed E-state index contributed by atoms with van der Waals surface area (Å²) in [4.78, 5) is 39.7. The van der Waals surface area contributed by atoms with E-state index in [2.05, 4.69) is 5.32 Å². The molecule has 40 heavy (non-hydrogen) atoms. The van der Waals surface area contributed by atoms with Gasteiger partial charge in [0.25, 0.3) is 0 Å². The molecule has 1 amide bonds. The first-order chi connectivity index (χ1) is 19.2. The van der Waals surface area contributed by atoms with E-state index in [0.29, 0.717) is 40.0 Å². The van der Waals surface area contributed by atoms with Crippen molar-refractivity contribution in [3.8, 4) is 22.3 Å². The molecule has 0 aliphatic heterocycles. The first-order valence-electron chi connectivity index (χ1n) is 12.9. The molecule has 0 spiro atoms. The standard InChI is InChI=1S/C32H31FN2O5/c1-5-28(37)32(31(38)40-4,27-18-17-26(20(2)3)35(27)39)24-15-16-25(34-19-36)30(21-9-7-6-8-10-21)29(24)22-11-13-23(33)14-12-22/h6-20,39H,5H2,1-4H3,(H,34,36). The van der Waals surface area contributed by atoms with E-state index in [1.54, 1.807) is 43.3 Å². The molecule has 2 N–H and O–H groups in total. The largest absolute Gasteiger partial charge is 0.468 e. The van der Waals surface area contributed by atoms with Crippen LogP contribution in [0.4, 0.5) is 10.1 Å². The highest BCUT2D eigenvalue weighted by Gasteiger charge is 2.53. The molecular formula is C32H31FN2O5. The first-order valence-corrected chi connectivity index (χ1v) is 12.9. The van der Waals surface area contributed by atoms with Crippen LogP contribution in [0, 0.1) is 5.82 Å². The number of anilines is 1. The number of ether oxygens (including phenoxy) is 1. The van der Waals surface area contributed by atoms with E-state index in [1.165, 1.54) is 19.2 Å². The number of aromatic nitrogens is 1. The van der Waals surface area contributed by atoms with Gasteiger partial charge in [-0.05, 0) is 58.5 Å². The molecule has 0 radical (unpaired) electrons. The number of rotatable bonds is 10. The van der Waals surface area contributed by atoms with E-state index in [4.69, 9.17) is 4.74 Å². The molecule has 1 heterocycles. The minimum Gasteiger partial charge on any atom is -0.468 e. The molecule has 0 aliphatic carbocycles. The fourth-order valence-electron chi connectivity index (χ4n) is 5.26. The fourth-order valence-corrected chi connectivity index (χ4v) is 5.26. The summed E-state index contributed by atoms with van der Waals surface area (Å²) in [6, 6.07) is 21.2. The molecule has 8 heteroatoms. The smallest absolute Gasteiger partial charge is 0.330 e. The van der Waals surface area contributed by atoms with Crippen LogP contribution in [0.15, 0.2) is 78.9 Å². The number of Topliss-reactive ketones (excluding diaryl/α,β-unsaturated/α-hetero) is 1. The summed E-state index contributed by atoms with van der Waals surface area (Å²) >= 11 is 0. The van der Waals surface area contributed by atoms with Crippen LogP contribution in [0.5, 0.6) is 0 Å². The van der Waals surface area contributed by atoms with E-state index >= 15 is 0 Å². The van der Waals surface area contributed by atoms with E-state index in [1.807, 2.05) is 44.2 Å². The number of benzene rings is 3. The summed E-state index contributed by atoms with van der Waals surface area (Å²) in [6.45, 7) is 5.39. The van der Waals surface area contributed by atoms with Gasteiger partial charge in [0.15, 0.2) is 11.2 Å². The second kappa shape index (κ2) is 11.6. The summed E-state index contributed by atoms with van der Waals surface area (Å²) < 4.78 is 20.3. The molecule has 1 aromatic heterocycles.